The number of nitro benzene ring substituents is 2. The highest BCUT2D eigenvalue weighted by atomic mass is 16.6. The smallest absolute Gasteiger partial charge is 0.317 e. The van der Waals surface area contributed by atoms with E-state index in [0.29, 0.717) is 0 Å². The fourth-order valence-corrected chi connectivity index (χ4v) is 2.57. The van der Waals surface area contributed by atoms with Gasteiger partial charge >= 0.3 is 5.69 Å². The second-order valence-corrected chi connectivity index (χ2v) is 5.49. The lowest BCUT2D eigenvalue weighted by Crippen LogP contribution is -2.10. The molecule has 0 aliphatic heterocycles. The predicted octanol–water partition coefficient (Wildman–Crippen LogP) is 4.67. The maximum absolute atomic E-state index is 11.4. The first-order valence-corrected chi connectivity index (χ1v) is 7.75. The number of benzene rings is 3. The van der Waals surface area contributed by atoms with Crippen molar-refractivity contribution in [3.05, 3.63) is 110 Å². The van der Waals surface area contributed by atoms with Crippen molar-refractivity contribution < 1.29 is 14.6 Å². The normalized spacial score (nSPS) is 10.5. The molecule has 0 fully saturated rings. The first-order valence-electron chi connectivity index (χ1n) is 7.75. The van der Waals surface area contributed by atoms with E-state index in [-0.39, 0.29) is 11.4 Å². The van der Waals surface area contributed by atoms with Crippen molar-refractivity contribution in [3.63, 3.8) is 0 Å². The molecule has 0 radical (unpaired) electrons. The van der Waals surface area contributed by atoms with Gasteiger partial charge in [-0.2, -0.15) is 0 Å². The predicted molar refractivity (Wildman–Crippen MR) is 95.1 cm³/mol. The van der Waals surface area contributed by atoms with Gasteiger partial charge in [-0.15, -0.1) is 0 Å². The fraction of sp³-hybridized carbons (Fsp3) is 0.0526. The first-order chi connectivity index (χ1) is 12.6. The Morgan fingerprint density at radius 2 is 1.27 bits per heavy atom. The highest BCUT2D eigenvalue weighted by Gasteiger charge is 2.24. The molecule has 26 heavy (non-hydrogen) atoms. The minimum Gasteiger partial charge on any atom is -0.474 e. The van der Waals surface area contributed by atoms with Crippen LogP contribution in [0.2, 0.25) is 0 Å². The molecule has 0 bridgehead atoms. The molecule has 3 rings (SSSR count). The summed E-state index contributed by atoms with van der Waals surface area (Å²) in [6.45, 7) is 0. The van der Waals surface area contributed by atoms with Crippen LogP contribution in [0.3, 0.4) is 0 Å². The van der Waals surface area contributed by atoms with Gasteiger partial charge in [-0.25, -0.2) is 0 Å². The van der Waals surface area contributed by atoms with E-state index in [1.54, 1.807) is 0 Å². The van der Waals surface area contributed by atoms with E-state index in [2.05, 4.69) is 0 Å². The summed E-state index contributed by atoms with van der Waals surface area (Å²) in [6, 6.07) is 21.9. The van der Waals surface area contributed by atoms with E-state index in [9.17, 15) is 20.2 Å². The fourth-order valence-electron chi connectivity index (χ4n) is 2.57. The van der Waals surface area contributed by atoms with E-state index in [4.69, 9.17) is 4.74 Å². The van der Waals surface area contributed by atoms with Gasteiger partial charge in [-0.05, 0) is 17.2 Å². The van der Waals surface area contributed by atoms with Crippen LogP contribution in [0.15, 0.2) is 78.9 Å². The second kappa shape index (κ2) is 7.43. The molecule has 7 nitrogen and oxygen atoms in total. The summed E-state index contributed by atoms with van der Waals surface area (Å²) in [5, 5.41) is 22.2. The first kappa shape index (κ1) is 17.1. The molecule has 0 saturated heterocycles. The molecule has 0 amide bonds. The number of hydrogen-bond acceptors (Lipinski definition) is 5. The highest BCUT2D eigenvalue weighted by Crippen LogP contribution is 2.36. The second-order valence-electron chi connectivity index (χ2n) is 5.49. The molecule has 3 aromatic carbocycles. The minimum atomic E-state index is -0.685. The van der Waals surface area contributed by atoms with Crippen molar-refractivity contribution in [1.29, 1.82) is 0 Å². The summed E-state index contributed by atoms with van der Waals surface area (Å²) in [5.41, 5.74) is 0.814. The van der Waals surface area contributed by atoms with Crippen molar-refractivity contribution in [1.82, 2.24) is 0 Å². The van der Waals surface area contributed by atoms with Crippen LogP contribution in [-0.4, -0.2) is 9.85 Å². The standard InChI is InChI=1S/C19H14N2O5/c22-20(23)16-11-12-18(17(13-16)21(24)25)26-19(14-7-3-1-4-8-14)15-9-5-2-6-10-15/h1-13,19H. The number of rotatable bonds is 6. The lowest BCUT2D eigenvalue weighted by atomic mass is 10.0. The van der Waals surface area contributed by atoms with E-state index < -0.39 is 21.6 Å². The van der Waals surface area contributed by atoms with Crippen LogP contribution in [0.1, 0.15) is 17.2 Å². The number of non-ortho nitro benzene ring substituents is 1. The van der Waals surface area contributed by atoms with Crippen LogP contribution in [0.25, 0.3) is 0 Å². The summed E-state index contributed by atoms with van der Waals surface area (Å²) < 4.78 is 5.95. The lowest BCUT2D eigenvalue weighted by Gasteiger charge is -2.20. The van der Waals surface area contributed by atoms with Gasteiger partial charge in [-0.3, -0.25) is 20.2 Å². The van der Waals surface area contributed by atoms with Crippen LogP contribution in [-0.2, 0) is 0 Å². The molecule has 0 aliphatic carbocycles. The van der Waals surface area contributed by atoms with Crippen molar-refractivity contribution in [2.45, 2.75) is 6.10 Å². The van der Waals surface area contributed by atoms with Gasteiger partial charge in [0.25, 0.3) is 5.69 Å². The summed E-state index contributed by atoms with van der Waals surface area (Å²) in [6.07, 6.45) is -0.586. The van der Waals surface area contributed by atoms with Crippen LogP contribution in [0, 0.1) is 20.2 Å². The highest BCUT2D eigenvalue weighted by molar-refractivity contribution is 5.54. The van der Waals surface area contributed by atoms with E-state index in [1.165, 1.54) is 12.1 Å². The number of ether oxygens (including phenoxy) is 1. The number of nitrogens with zero attached hydrogens (tertiary/aromatic N) is 2. The van der Waals surface area contributed by atoms with Crippen molar-refractivity contribution in [2.24, 2.45) is 0 Å². The Kier molecular flexibility index (Phi) is 4.89. The molecule has 0 saturated carbocycles. The largest absolute Gasteiger partial charge is 0.474 e. The molecular formula is C19H14N2O5. The Morgan fingerprint density at radius 3 is 1.73 bits per heavy atom. The number of hydrogen-bond donors (Lipinski definition) is 0. The summed E-state index contributed by atoms with van der Waals surface area (Å²) in [4.78, 5) is 20.9. The minimum absolute atomic E-state index is 0.0293. The maximum atomic E-state index is 11.4. The quantitative estimate of drug-likeness (QED) is 0.475. The molecule has 0 spiro atoms. The van der Waals surface area contributed by atoms with Crippen molar-refractivity contribution in [3.8, 4) is 5.75 Å². The van der Waals surface area contributed by atoms with Gasteiger partial charge in [0.05, 0.1) is 15.9 Å². The third-order valence-electron chi connectivity index (χ3n) is 3.80. The van der Waals surface area contributed by atoms with E-state index in [0.717, 1.165) is 17.2 Å². The zero-order valence-electron chi connectivity index (χ0n) is 13.5. The number of nitro groups is 2. The van der Waals surface area contributed by atoms with Crippen LogP contribution < -0.4 is 4.74 Å². The molecule has 0 aromatic heterocycles. The zero-order valence-corrected chi connectivity index (χ0v) is 13.5. The summed E-state index contributed by atoms with van der Waals surface area (Å²) in [7, 11) is 0. The van der Waals surface area contributed by atoms with Gasteiger partial charge in [0.2, 0.25) is 0 Å². The Balaban J connectivity index is 2.05. The van der Waals surface area contributed by atoms with Gasteiger partial charge in [0.1, 0.15) is 6.10 Å². The van der Waals surface area contributed by atoms with E-state index >= 15 is 0 Å². The summed E-state index contributed by atoms with van der Waals surface area (Å²) in [5.74, 6) is -0.0293. The van der Waals surface area contributed by atoms with Gasteiger partial charge in [0.15, 0.2) is 5.75 Å². The van der Waals surface area contributed by atoms with Gasteiger partial charge in [0, 0.05) is 6.07 Å². The third-order valence-corrected chi connectivity index (χ3v) is 3.80. The van der Waals surface area contributed by atoms with Crippen molar-refractivity contribution >= 4 is 11.4 Å². The zero-order chi connectivity index (χ0) is 18.5. The van der Waals surface area contributed by atoms with Gasteiger partial charge < -0.3 is 4.74 Å². The molecule has 0 heterocycles. The molecule has 0 unspecified atom stereocenters. The Labute approximate surface area is 148 Å². The Bertz CT molecular complexity index is 890. The van der Waals surface area contributed by atoms with Crippen LogP contribution in [0.5, 0.6) is 5.75 Å². The third kappa shape index (κ3) is 3.67. The average molecular weight is 350 g/mol. The average Bonchev–Trinajstić information content (AvgIpc) is 2.67. The molecular weight excluding hydrogens is 336 g/mol. The molecule has 0 aliphatic rings. The molecule has 0 atom stereocenters. The molecule has 130 valence electrons. The molecule has 3 aromatic rings. The Hall–Kier alpha value is -3.74. The van der Waals surface area contributed by atoms with E-state index in [1.807, 2.05) is 60.7 Å². The lowest BCUT2D eigenvalue weighted by molar-refractivity contribution is -0.394. The Morgan fingerprint density at radius 1 is 0.731 bits per heavy atom. The SMILES string of the molecule is O=[N+]([O-])c1ccc(OC(c2ccccc2)c2ccccc2)c([N+](=O)[O-])c1. The topological polar surface area (TPSA) is 95.5 Å². The molecule has 0 N–H and O–H groups in total. The monoisotopic (exact) mass is 350 g/mol. The summed E-state index contributed by atoms with van der Waals surface area (Å²) >= 11 is 0. The van der Waals surface area contributed by atoms with Crippen molar-refractivity contribution in [2.75, 3.05) is 0 Å². The maximum Gasteiger partial charge on any atom is 0.317 e. The van der Waals surface area contributed by atoms with Crippen LogP contribution in [0.4, 0.5) is 11.4 Å². The molecule has 7 heteroatoms. The van der Waals surface area contributed by atoms with Gasteiger partial charge in [-0.1, -0.05) is 60.7 Å². The van der Waals surface area contributed by atoms with Crippen LogP contribution >= 0.6 is 0 Å².